The molecule has 108 valence electrons. The summed E-state index contributed by atoms with van der Waals surface area (Å²) in [4.78, 5) is 2.53. The Kier molecular flexibility index (Phi) is 6.57. The highest BCUT2D eigenvalue weighted by molar-refractivity contribution is 4.78. The third-order valence-electron chi connectivity index (χ3n) is 3.90. The first-order valence-corrected chi connectivity index (χ1v) is 7.26. The fraction of sp³-hybridized carbons (Fsp3) is 1.00. The van der Waals surface area contributed by atoms with Gasteiger partial charge in [0.15, 0.2) is 0 Å². The number of ether oxygens (including phenoxy) is 1. The van der Waals surface area contributed by atoms with E-state index in [0.717, 1.165) is 45.4 Å². The molecule has 0 aromatic rings. The van der Waals surface area contributed by atoms with Crippen molar-refractivity contribution in [2.75, 3.05) is 26.2 Å². The second-order valence-electron chi connectivity index (χ2n) is 5.86. The monoisotopic (exact) mass is 258 g/mol. The van der Waals surface area contributed by atoms with E-state index in [1.165, 1.54) is 0 Å². The molecule has 3 N–H and O–H groups in total. The molecule has 18 heavy (non-hydrogen) atoms. The van der Waals surface area contributed by atoms with Crippen molar-refractivity contribution >= 4 is 0 Å². The van der Waals surface area contributed by atoms with Gasteiger partial charge in [0.1, 0.15) is 0 Å². The van der Waals surface area contributed by atoms with E-state index in [0.29, 0.717) is 18.7 Å². The van der Waals surface area contributed by atoms with Crippen LogP contribution >= 0.6 is 0 Å². The maximum absolute atomic E-state index is 9.84. The topological polar surface area (TPSA) is 58.7 Å². The summed E-state index contributed by atoms with van der Waals surface area (Å²) >= 11 is 0. The first-order chi connectivity index (χ1) is 8.48. The van der Waals surface area contributed by atoms with Gasteiger partial charge in [-0.25, -0.2) is 0 Å². The Morgan fingerprint density at radius 3 is 2.78 bits per heavy atom. The van der Waals surface area contributed by atoms with Gasteiger partial charge >= 0.3 is 0 Å². The number of rotatable bonds is 7. The smallest absolute Gasteiger partial charge is 0.0741 e. The SMILES string of the molecule is CCC1COC(C)CN1CCCCC(C)(O)CN. The molecule has 0 amide bonds. The van der Waals surface area contributed by atoms with E-state index in [1.54, 1.807) is 0 Å². The molecule has 3 atom stereocenters. The lowest BCUT2D eigenvalue weighted by atomic mass is 9.99. The van der Waals surface area contributed by atoms with Crippen LogP contribution in [-0.4, -0.2) is 54.0 Å². The van der Waals surface area contributed by atoms with E-state index in [9.17, 15) is 5.11 Å². The molecule has 1 aliphatic heterocycles. The zero-order valence-electron chi connectivity index (χ0n) is 12.2. The summed E-state index contributed by atoms with van der Waals surface area (Å²) in [6.07, 6.45) is 4.44. The average molecular weight is 258 g/mol. The number of morpholine rings is 1. The molecule has 1 saturated heterocycles. The van der Waals surface area contributed by atoms with E-state index >= 15 is 0 Å². The number of unbranched alkanes of at least 4 members (excludes halogenated alkanes) is 1. The Bertz CT molecular complexity index is 234. The van der Waals surface area contributed by atoms with Crippen molar-refractivity contribution in [1.82, 2.24) is 4.90 Å². The molecule has 0 bridgehead atoms. The number of aliphatic hydroxyl groups is 1. The third kappa shape index (κ3) is 5.22. The highest BCUT2D eigenvalue weighted by atomic mass is 16.5. The van der Waals surface area contributed by atoms with Gasteiger partial charge in [0.05, 0.1) is 18.3 Å². The summed E-state index contributed by atoms with van der Waals surface area (Å²) < 4.78 is 5.69. The van der Waals surface area contributed by atoms with Crippen LogP contribution < -0.4 is 5.73 Å². The molecule has 0 aromatic heterocycles. The number of hydrogen-bond donors (Lipinski definition) is 2. The fourth-order valence-corrected chi connectivity index (χ4v) is 2.49. The van der Waals surface area contributed by atoms with Gasteiger partial charge < -0.3 is 15.6 Å². The minimum Gasteiger partial charge on any atom is -0.389 e. The Hall–Kier alpha value is -0.160. The normalized spacial score (nSPS) is 29.2. The van der Waals surface area contributed by atoms with Gasteiger partial charge in [-0.05, 0) is 46.1 Å². The molecule has 1 aliphatic rings. The number of hydrogen-bond acceptors (Lipinski definition) is 4. The summed E-state index contributed by atoms with van der Waals surface area (Å²) in [7, 11) is 0. The second kappa shape index (κ2) is 7.43. The summed E-state index contributed by atoms with van der Waals surface area (Å²) in [5.74, 6) is 0. The molecule has 4 nitrogen and oxygen atoms in total. The lowest BCUT2D eigenvalue weighted by Crippen LogP contribution is -2.48. The van der Waals surface area contributed by atoms with Gasteiger partial charge in [-0.15, -0.1) is 0 Å². The second-order valence-corrected chi connectivity index (χ2v) is 5.86. The standard InChI is InChI=1S/C14H30N2O2/c1-4-13-10-18-12(2)9-16(13)8-6-5-7-14(3,17)11-15/h12-13,17H,4-11,15H2,1-3H3. The molecule has 0 aromatic carbocycles. The summed E-state index contributed by atoms with van der Waals surface area (Å²) in [5.41, 5.74) is 4.82. The van der Waals surface area contributed by atoms with Gasteiger partial charge in [-0.1, -0.05) is 6.92 Å². The van der Waals surface area contributed by atoms with Crippen LogP contribution in [0.4, 0.5) is 0 Å². The molecule has 1 rings (SSSR count). The van der Waals surface area contributed by atoms with Crippen LogP contribution in [0, 0.1) is 0 Å². The Morgan fingerprint density at radius 2 is 2.17 bits per heavy atom. The van der Waals surface area contributed by atoms with Crippen molar-refractivity contribution < 1.29 is 9.84 Å². The van der Waals surface area contributed by atoms with E-state index in [1.807, 2.05) is 6.92 Å². The fourth-order valence-electron chi connectivity index (χ4n) is 2.49. The van der Waals surface area contributed by atoms with Crippen LogP contribution in [0.25, 0.3) is 0 Å². The lowest BCUT2D eigenvalue weighted by molar-refractivity contribution is -0.0565. The summed E-state index contributed by atoms with van der Waals surface area (Å²) in [6, 6.07) is 0.566. The average Bonchev–Trinajstić information content (AvgIpc) is 2.35. The zero-order chi connectivity index (χ0) is 13.6. The predicted octanol–water partition coefficient (Wildman–Crippen LogP) is 1.37. The maximum Gasteiger partial charge on any atom is 0.0741 e. The van der Waals surface area contributed by atoms with Crippen molar-refractivity contribution in [2.45, 2.75) is 64.2 Å². The Morgan fingerprint density at radius 1 is 1.44 bits per heavy atom. The van der Waals surface area contributed by atoms with Crippen LogP contribution in [0.5, 0.6) is 0 Å². The third-order valence-corrected chi connectivity index (χ3v) is 3.90. The molecule has 1 fully saturated rings. The molecule has 0 spiro atoms. The first kappa shape index (κ1) is 15.9. The Labute approximate surface area is 111 Å². The molecule has 3 unspecified atom stereocenters. The van der Waals surface area contributed by atoms with Crippen molar-refractivity contribution in [3.8, 4) is 0 Å². The number of nitrogens with two attached hydrogens (primary N) is 1. The minimum absolute atomic E-state index is 0.346. The molecular weight excluding hydrogens is 228 g/mol. The van der Waals surface area contributed by atoms with Crippen LogP contribution in [0.2, 0.25) is 0 Å². The van der Waals surface area contributed by atoms with Crippen molar-refractivity contribution in [2.24, 2.45) is 5.73 Å². The highest BCUT2D eigenvalue weighted by Gasteiger charge is 2.25. The van der Waals surface area contributed by atoms with Crippen LogP contribution in [0.15, 0.2) is 0 Å². The van der Waals surface area contributed by atoms with Crippen LogP contribution in [0.1, 0.15) is 46.5 Å². The Balaban J connectivity index is 2.24. The molecule has 4 heteroatoms. The predicted molar refractivity (Wildman–Crippen MR) is 74.6 cm³/mol. The lowest BCUT2D eigenvalue weighted by Gasteiger charge is -2.38. The van der Waals surface area contributed by atoms with Gasteiger partial charge in [0.2, 0.25) is 0 Å². The molecule has 0 aliphatic carbocycles. The van der Waals surface area contributed by atoms with Gasteiger partial charge in [0, 0.05) is 19.1 Å². The molecule has 1 heterocycles. The maximum atomic E-state index is 9.84. The molecule has 0 radical (unpaired) electrons. The van der Waals surface area contributed by atoms with E-state index in [4.69, 9.17) is 10.5 Å². The highest BCUT2D eigenvalue weighted by Crippen LogP contribution is 2.17. The first-order valence-electron chi connectivity index (χ1n) is 7.26. The van der Waals surface area contributed by atoms with Gasteiger partial charge in [0.25, 0.3) is 0 Å². The van der Waals surface area contributed by atoms with Crippen LogP contribution in [-0.2, 0) is 4.74 Å². The summed E-state index contributed by atoms with van der Waals surface area (Å²) in [6.45, 7) is 9.52. The minimum atomic E-state index is -0.692. The van der Waals surface area contributed by atoms with E-state index in [-0.39, 0.29) is 0 Å². The van der Waals surface area contributed by atoms with Gasteiger partial charge in [-0.2, -0.15) is 0 Å². The van der Waals surface area contributed by atoms with Crippen molar-refractivity contribution in [1.29, 1.82) is 0 Å². The summed E-state index contributed by atoms with van der Waals surface area (Å²) in [5, 5.41) is 9.84. The largest absolute Gasteiger partial charge is 0.389 e. The van der Waals surface area contributed by atoms with Gasteiger partial charge in [-0.3, -0.25) is 4.90 Å². The zero-order valence-corrected chi connectivity index (χ0v) is 12.2. The quantitative estimate of drug-likeness (QED) is 0.677. The molecular formula is C14H30N2O2. The molecule has 0 saturated carbocycles. The van der Waals surface area contributed by atoms with Crippen LogP contribution in [0.3, 0.4) is 0 Å². The van der Waals surface area contributed by atoms with Crippen molar-refractivity contribution in [3.05, 3.63) is 0 Å². The number of nitrogens with zero attached hydrogens (tertiary/aromatic N) is 1. The van der Waals surface area contributed by atoms with Crippen molar-refractivity contribution in [3.63, 3.8) is 0 Å². The van der Waals surface area contributed by atoms with E-state index < -0.39 is 5.60 Å². The van der Waals surface area contributed by atoms with E-state index in [2.05, 4.69) is 18.7 Å².